The molecule has 1 heterocycles. The van der Waals surface area contributed by atoms with Gasteiger partial charge < -0.3 is 5.32 Å². The Bertz CT molecular complexity index is 470. The van der Waals surface area contributed by atoms with Gasteiger partial charge in [-0.05, 0) is 37.3 Å². The molecule has 0 spiro atoms. The van der Waals surface area contributed by atoms with Crippen molar-refractivity contribution in [3.8, 4) is 0 Å². The van der Waals surface area contributed by atoms with Crippen LogP contribution in [0.2, 0.25) is 0 Å². The first-order chi connectivity index (χ1) is 8.75. The van der Waals surface area contributed by atoms with E-state index in [2.05, 4.69) is 5.32 Å². The van der Waals surface area contributed by atoms with Gasteiger partial charge in [0.15, 0.2) is 11.6 Å². The van der Waals surface area contributed by atoms with E-state index < -0.39 is 11.6 Å². The molecule has 3 unspecified atom stereocenters. The van der Waals surface area contributed by atoms with Crippen molar-refractivity contribution in [2.45, 2.75) is 25.3 Å². The standard InChI is InChI=1S/C15H17F2N/c16-13-6-2-3-10(15(13)17)7-8-14-12-5-1-4-11(12)9-18-14/h2-3,6-8,11-12,14,18H,1,4-5,9H2/b8-7+. The van der Waals surface area contributed by atoms with Crippen LogP contribution in [0.15, 0.2) is 24.3 Å². The Hall–Kier alpha value is -1.22. The Labute approximate surface area is 106 Å². The molecule has 1 nitrogen and oxygen atoms in total. The van der Waals surface area contributed by atoms with Crippen LogP contribution >= 0.6 is 0 Å². The lowest BCUT2D eigenvalue weighted by molar-refractivity contribution is 0.456. The van der Waals surface area contributed by atoms with Gasteiger partial charge in [0.1, 0.15) is 0 Å². The fourth-order valence-corrected chi connectivity index (χ4v) is 3.30. The van der Waals surface area contributed by atoms with Crippen LogP contribution in [0.3, 0.4) is 0 Å². The molecule has 1 saturated heterocycles. The lowest BCUT2D eigenvalue weighted by atomic mass is 9.93. The first-order valence-corrected chi connectivity index (χ1v) is 6.61. The zero-order chi connectivity index (χ0) is 12.5. The largest absolute Gasteiger partial charge is 0.310 e. The van der Waals surface area contributed by atoms with Gasteiger partial charge in [-0.2, -0.15) is 0 Å². The van der Waals surface area contributed by atoms with Crippen molar-refractivity contribution in [1.82, 2.24) is 5.32 Å². The molecule has 18 heavy (non-hydrogen) atoms. The maximum atomic E-state index is 13.5. The highest BCUT2D eigenvalue weighted by Gasteiger charge is 2.37. The number of hydrogen-bond acceptors (Lipinski definition) is 1. The third-order valence-electron chi connectivity index (χ3n) is 4.26. The van der Waals surface area contributed by atoms with Gasteiger partial charge in [-0.15, -0.1) is 0 Å². The van der Waals surface area contributed by atoms with Crippen molar-refractivity contribution in [3.63, 3.8) is 0 Å². The first kappa shape index (κ1) is 11.8. The van der Waals surface area contributed by atoms with Gasteiger partial charge >= 0.3 is 0 Å². The molecule has 2 fully saturated rings. The average molecular weight is 249 g/mol. The maximum absolute atomic E-state index is 13.5. The lowest BCUT2D eigenvalue weighted by Crippen LogP contribution is -2.23. The van der Waals surface area contributed by atoms with Crippen LogP contribution in [0.1, 0.15) is 24.8 Å². The Morgan fingerprint density at radius 1 is 1.22 bits per heavy atom. The zero-order valence-corrected chi connectivity index (χ0v) is 10.2. The molecule has 3 rings (SSSR count). The van der Waals surface area contributed by atoms with E-state index in [1.807, 2.05) is 6.08 Å². The van der Waals surface area contributed by atoms with Gasteiger partial charge in [0.25, 0.3) is 0 Å². The minimum Gasteiger partial charge on any atom is -0.310 e. The van der Waals surface area contributed by atoms with Crippen molar-refractivity contribution in [3.05, 3.63) is 41.5 Å². The summed E-state index contributed by atoms with van der Waals surface area (Å²) < 4.78 is 26.6. The molecule has 3 atom stereocenters. The molecular formula is C15H17F2N. The predicted molar refractivity (Wildman–Crippen MR) is 68.0 cm³/mol. The zero-order valence-electron chi connectivity index (χ0n) is 10.2. The summed E-state index contributed by atoms with van der Waals surface area (Å²) in [5.41, 5.74) is 0.332. The maximum Gasteiger partial charge on any atom is 0.166 e. The molecule has 1 aromatic rings. The second-order valence-corrected chi connectivity index (χ2v) is 5.29. The molecule has 0 aromatic heterocycles. The Balaban J connectivity index is 1.76. The SMILES string of the molecule is Fc1cccc(/C=C/C2NCC3CCCC32)c1F. The number of fused-ring (bicyclic) bond motifs is 1. The molecule has 1 aromatic carbocycles. The van der Waals surface area contributed by atoms with E-state index in [1.54, 1.807) is 18.2 Å². The molecule has 0 radical (unpaired) electrons. The lowest BCUT2D eigenvalue weighted by Gasteiger charge is -2.13. The number of halogens is 2. The summed E-state index contributed by atoms with van der Waals surface area (Å²) in [5, 5.41) is 3.46. The average Bonchev–Trinajstić information content (AvgIpc) is 2.94. The third-order valence-corrected chi connectivity index (χ3v) is 4.26. The van der Waals surface area contributed by atoms with Crippen molar-refractivity contribution in [2.24, 2.45) is 11.8 Å². The molecule has 96 valence electrons. The third kappa shape index (κ3) is 2.07. The van der Waals surface area contributed by atoms with Crippen LogP contribution in [0.25, 0.3) is 6.08 Å². The van der Waals surface area contributed by atoms with E-state index in [4.69, 9.17) is 0 Å². The summed E-state index contributed by atoms with van der Waals surface area (Å²) in [7, 11) is 0. The van der Waals surface area contributed by atoms with E-state index in [0.717, 1.165) is 18.5 Å². The van der Waals surface area contributed by atoms with Gasteiger partial charge in [0, 0.05) is 11.6 Å². The molecule has 2 aliphatic rings. The highest BCUT2D eigenvalue weighted by Crippen LogP contribution is 2.38. The molecule has 0 bridgehead atoms. The molecule has 3 heteroatoms. The van der Waals surface area contributed by atoms with Crippen molar-refractivity contribution in [2.75, 3.05) is 6.54 Å². The van der Waals surface area contributed by atoms with Crippen molar-refractivity contribution >= 4 is 6.08 Å². The number of hydrogen-bond donors (Lipinski definition) is 1. The number of nitrogens with one attached hydrogen (secondary N) is 1. The molecule has 1 N–H and O–H groups in total. The van der Waals surface area contributed by atoms with Crippen LogP contribution in [-0.4, -0.2) is 12.6 Å². The minimum atomic E-state index is -0.782. The van der Waals surface area contributed by atoms with Crippen LogP contribution in [-0.2, 0) is 0 Å². The van der Waals surface area contributed by atoms with Crippen LogP contribution in [0, 0.1) is 23.5 Å². The monoisotopic (exact) mass is 249 g/mol. The smallest absolute Gasteiger partial charge is 0.166 e. The van der Waals surface area contributed by atoms with E-state index in [0.29, 0.717) is 17.5 Å². The quantitative estimate of drug-likeness (QED) is 0.847. The summed E-state index contributed by atoms with van der Waals surface area (Å²) >= 11 is 0. The summed E-state index contributed by atoms with van der Waals surface area (Å²) in [5.74, 6) is -0.0835. The van der Waals surface area contributed by atoms with E-state index in [9.17, 15) is 8.78 Å². The highest BCUT2D eigenvalue weighted by molar-refractivity contribution is 5.51. The van der Waals surface area contributed by atoms with Crippen LogP contribution in [0.4, 0.5) is 8.78 Å². The van der Waals surface area contributed by atoms with Gasteiger partial charge in [0.05, 0.1) is 0 Å². The van der Waals surface area contributed by atoms with Gasteiger partial charge in [0.2, 0.25) is 0 Å². The van der Waals surface area contributed by atoms with Crippen LogP contribution < -0.4 is 5.32 Å². The summed E-state index contributed by atoms with van der Waals surface area (Å²) in [6, 6.07) is 4.61. The predicted octanol–water partition coefficient (Wildman–Crippen LogP) is 3.37. The van der Waals surface area contributed by atoms with E-state index in [-0.39, 0.29) is 0 Å². The summed E-state index contributed by atoms with van der Waals surface area (Å²) in [6.07, 6.45) is 7.55. The first-order valence-electron chi connectivity index (χ1n) is 6.61. The fourth-order valence-electron chi connectivity index (χ4n) is 3.30. The number of benzene rings is 1. The minimum absolute atomic E-state index is 0.320. The topological polar surface area (TPSA) is 12.0 Å². The fraction of sp³-hybridized carbons (Fsp3) is 0.467. The van der Waals surface area contributed by atoms with Crippen molar-refractivity contribution in [1.29, 1.82) is 0 Å². The highest BCUT2D eigenvalue weighted by atomic mass is 19.2. The normalized spacial score (nSPS) is 31.1. The molecule has 1 aliphatic carbocycles. The summed E-state index contributed by atoms with van der Waals surface area (Å²) in [4.78, 5) is 0. The summed E-state index contributed by atoms with van der Waals surface area (Å²) in [6.45, 7) is 1.06. The van der Waals surface area contributed by atoms with Gasteiger partial charge in [-0.3, -0.25) is 0 Å². The molecular weight excluding hydrogens is 232 g/mol. The van der Waals surface area contributed by atoms with Crippen LogP contribution in [0.5, 0.6) is 0 Å². The molecule has 1 saturated carbocycles. The Kier molecular flexibility index (Phi) is 3.16. The Morgan fingerprint density at radius 2 is 2.11 bits per heavy atom. The van der Waals surface area contributed by atoms with Crippen molar-refractivity contribution < 1.29 is 8.78 Å². The Morgan fingerprint density at radius 3 is 3.00 bits per heavy atom. The second-order valence-electron chi connectivity index (χ2n) is 5.29. The van der Waals surface area contributed by atoms with Gasteiger partial charge in [-0.1, -0.05) is 30.7 Å². The molecule has 0 amide bonds. The number of rotatable bonds is 2. The van der Waals surface area contributed by atoms with E-state index in [1.165, 1.54) is 19.3 Å². The van der Waals surface area contributed by atoms with Gasteiger partial charge in [-0.25, -0.2) is 8.78 Å². The second kappa shape index (κ2) is 4.81. The van der Waals surface area contributed by atoms with E-state index >= 15 is 0 Å². The molecule has 1 aliphatic heterocycles.